The first-order valence-corrected chi connectivity index (χ1v) is 13.9. The minimum absolute atomic E-state index is 0.0251. The lowest BCUT2D eigenvalue weighted by Crippen LogP contribution is -2.48. The molecule has 2 aromatic rings. The molecule has 0 aromatic heterocycles. The van der Waals surface area contributed by atoms with Crippen molar-refractivity contribution in [2.45, 2.75) is 52.6 Å². The van der Waals surface area contributed by atoms with Crippen LogP contribution in [0.3, 0.4) is 0 Å². The second kappa shape index (κ2) is 13.8. The molecule has 1 N–H and O–H groups in total. The maximum Gasteiger partial charge on any atom is 0.242 e. The van der Waals surface area contributed by atoms with Crippen LogP contribution in [-0.2, 0) is 26.2 Å². The Balaban J connectivity index is 2.20. The van der Waals surface area contributed by atoms with E-state index >= 15 is 0 Å². The number of hydrogen-bond acceptors (Lipinski definition) is 5. The van der Waals surface area contributed by atoms with E-state index in [4.69, 9.17) is 4.74 Å². The van der Waals surface area contributed by atoms with Crippen LogP contribution in [-0.4, -0.2) is 57.1 Å². The lowest BCUT2D eigenvalue weighted by atomic mass is 10.1. The molecule has 2 aromatic carbocycles. The van der Waals surface area contributed by atoms with E-state index in [1.165, 1.54) is 15.3 Å². The summed E-state index contributed by atoms with van der Waals surface area (Å²) in [6, 6.07) is 12.1. The maximum atomic E-state index is 14.3. The van der Waals surface area contributed by atoms with Gasteiger partial charge in [-0.3, -0.25) is 13.9 Å². The summed E-state index contributed by atoms with van der Waals surface area (Å²) < 4.78 is 46.2. The summed E-state index contributed by atoms with van der Waals surface area (Å²) in [6.45, 7) is 6.13. The summed E-state index contributed by atoms with van der Waals surface area (Å²) in [5.74, 6) is -0.736. The van der Waals surface area contributed by atoms with Crippen LogP contribution in [0.1, 0.15) is 45.6 Å². The van der Waals surface area contributed by atoms with Gasteiger partial charge < -0.3 is 15.0 Å². The van der Waals surface area contributed by atoms with Crippen molar-refractivity contribution >= 4 is 27.5 Å². The number of carbonyl (C=O) groups is 2. The molecule has 0 aliphatic heterocycles. The minimum Gasteiger partial charge on any atom is -0.492 e. The number of carbonyl (C=O) groups excluding carboxylic acids is 2. The third-order valence-electron chi connectivity index (χ3n) is 5.60. The quantitative estimate of drug-likeness (QED) is 0.409. The van der Waals surface area contributed by atoms with Crippen molar-refractivity contribution in [2.75, 3.05) is 30.3 Å². The number of halogens is 1. The third kappa shape index (κ3) is 8.22. The highest BCUT2D eigenvalue weighted by Gasteiger charge is 2.27. The minimum atomic E-state index is -3.66. The predicted octanol–water partition coefficient (Wildman–Crippen LogP) is 3.71. The number of para-hydroxylation sites is 2. The Bertz CT molecular complexity index is 1130. The molecular formula is C26H36FN3O5S. The fourth-order valence-corrected chi connectivity index (χ4v) is 4.68. The molecule has 8 nitrogen and oxygen atoms in total. The number of rotatable bonds is 14. The topological polar surface area (TPSA) is 96.0 Å². The number of ether oxygens (including phenoxy) is 1. The first-order valence-electron chi connectivity index (χ1n) is 12.1. The summed E-state index contributed by atoms with van der Waals surface area (Å²) >= 11 is 0. The van der Waals surface area contributed by atoms with Gasteiger partial charge in [-0.05, 0) is 44.9 Å². The standard InChI is InChI=1S/C26H36FN3O5S/c1-5-17-28-26(32)20(3)29(19-21-12-7-8-13-22(21)27)25(31)16-11-18-30(36(4,33)34)23-14-9-10-15-24(23)35-6-2/h7-10,12-15,20H,5-6,11,16-19H2,1-4H3,(H,28,32)/t20-/m0/s1. The molecule has 2 rings (SSSR count). The largest absolute Gasteiger partial charge is 0.492 e. The first-order chi connectivity index (χ1) is 17.1. The van der Waals surface area contributed by atoms with Crippen molar-refractivity contribution < 1.29 is 27.1 Å². The van der Waals surface area contributed by atoms with E-state index in [9.17, 15) is 22.4 Å². The van der Waals surface area contributed by atoms with Gasteiger partial charge in [0.05, 0.1) is 18.6 Å². The lowest BCUT2D eigenvalue weighted by Gasteiger charge is -2.29. The number of nitrogens with one attached hydrogen (secondary N) is 1. The average Bonchev–Trinajstić information content (AvgIpc) is 2.84. The van der Waals surface area contributed by atoms with E-state index in [0.717, 1.165) is 12.7 Å². The van der Waals surface area contributed by atoms with Crippen LogP contribution in [0, 0.1) is 5.82 Å². The van der Waals surface area contributed by atoms with Gasteiger partial charge in [0.15, 0.2) is 0 Å². The molecule has 0 saturated heterocycles. The molecular weight excluding hydrogens is 485 g/mol. The Kier molecular flexibility index (Phi) is 11.2. The normalized spacial score (nSPS) is 12.0. The lowest BCUT2D eigenvalue weighted by molar-refractivity contribution is -0.140. The molecule has 0 unspecified atom stereocenters. The molecule has 0 spiro atoms. The second-order valence-corrected chi connectivity index (χ2v) is 10.3. The number of nitrogens with zero attached hydrogens (tertiary/aromatic N) is 2. The Morgan fingerprint density at radius 1 is 1.08 bits per heavy atom. The molecule has 0 aliphatic carbocycles. The molecule has 36 heavy (non-hydrogen) atoms. The number of amides is 2. The van der Waals surface area contributed by atoms with E-state index < -0.39 is 21.9 Å². The van der Waals surface area contributed by atoms with Gasteiger partial charge in [0.2, 0.25) is 21.8 Å². The Morgan fingerprint density at radius 3 is 2.39 bits per heavy atom. The fourth-order valence-electron chi connectivity index (χ4n) is 3.71. The van der Waals surface area contributed by atoms with Crippen LogP contribution < -0.4 is 14.4 Å². The molecule has 0 fully saturated rings. The van der Waals surface area contributed by atoms with Crippen molar-refractivity contribution in [2.24, 2.45) is 0 Å². The van der Waals surface area contributed by atoms with Gasteiger partial charge in [-0.1, -0.05) is 37.3 Å². The molecule has 2 amide bonds. The van der Waals surface area contributed by atoms with Crippen molar-refractivity contribution in [1.29, 1.82) is 0 Å². The number of anilines is 1. The first kappa shape index (κ1) is 29.1. The molecule has 10 heteroatoms. The van der Waals surface area contributed by atoms with E-state index in [0.29, 0.717) is 30.2 Å². The highest BCUT2D eigenvalue weighted by Crippen LogP contribution is 2.30. The zero-order valence-corrected chi connectivity index (χ0v) is 22.2. The van der Waals surface area contributed by atoms with Crippen molar-refractivity contribution in [3.8, 4) is 5.75 Å². The zero-order chi connectivity index (χ0) is 26.7. The van der Waals surface area contributed by atoms with Crippen LogP contribution in [0.15, 0.2) is 48.5 Å². The van der Waals surface area contributed by atoms with E-state index in [1.54, 1.807) is 49.4 Å². The SMILES string of the molecule is CCCNC(=O)[C@H](C)N(Cc1ccccc1F)C(=O)CCCN(c1ccccc1OCC)S(C)(=O)=O. The molecule has 0 saturated carbocycles. The predicted molar refractivity (Wildman–Crippen MR) is 139 cm³/mol. The molecule has 0 aliphatic rings. The van der Waals surface area contributed by atoms with E-state index in [-0.39, 0.29) is 37.7 Å². The van der Waals surface area contributed by atoms with Gasteiger partial charge in [0.1, 0.15) is 17.6 Å². The second-order valence-electron chi connectivity index (χ2n) is 8.42. The van der Waals surface area contributed by atoms with Crippen molar-refractivity contribution in [3.63, 3.8) is 0 Å². The van der Waals surface area contributed by atoms with Gasteiger partial charge in [0, 0.05) is 31.6 Å². The fraction of sp³-hybridized carbons (Fsp3) is 0.462. The van der Waals surface area contributed by atoms with Gasteiger partial charge in [-0.15, -0.1) is 0 Å². The van der Waals surface area contributed by atoms with Crippen molar-refractivity contribution in [3.05, 3.63) is 59.9 Å². The van der Waals surface area contributed by atoms with Crippen LogP contribution in [0.2, 0.25) is 0 Å². The Labute approximate surface area is 213 Å². The number of benzene rings is 2. The number of sulfonamides is 1. The summed E-state index contributed by atoms with van der Waals surface area (Å²) in [7, 11) is -3.66. The highest BCUT2D eigenvalue weighted by molar-refractivity contribution is 7.92. The summed E-state index contributed by atoms with van der Waals surface area (Å²) in [4.78, 5) is 27.2. The molecule has 198 valence electrons. The monoisotopic (exact) mass is 521 g/mol. The van der Waals surface area contributed by atoms with E-state index in [2.05, 4.69) is 5.32 Å². The molecule has 1 atom stereocenters. The molecule has 0 radical (unpaired) electrons. The smallest absolute Gasteiger partial charge is 0.242 e. The Hall–Kier alpha value is -3.14. The van der Waals surface area contributed by atoms with Crippen LogP contribution in [0.5, 0.6) is 5.75 Å². The summed E-state index contributed by atoms with van der Waals surface area (Å²) in [5.41, 5.74) is 0.689. The summed E-state index contributed by atoms with van der Waals surface area (Å²) in [6.07, 6.45) is 2.01. The summed E-state index contributed by atoms with van der Waals surface area (Å²) in [5, 5.41) is 2.77. The highest BCUT2D eigenvalue weighted by atomic mass is 32.2. The van der Waals surface area contributed by atoms with Crippen LogP contribution in [0.25, 0.3) is 0 Å². The van der Waals surface area contributed by atoms with Gasteiger partial charge in [-0.2, -0.15) is 0 Å². The zero-order valence-electron chi connectivity index (χ0n) is 21.4. The van der Waals surface area contributed by atoms with Gasteiger partial charge >= 0.3 is 0 Å². The van der Waals surface area contributed by atoms with Crippen molar-refractivity contribution in [1.82, 2.24) is 10.2 Å². The maximum absolute atomic E-state index is 14.3. The average molecular weight is 522 g/mol. The van der Waals surface area contributed by atoms with Gasteiger partial charge in [-0.25, -0.2) is 12.8 Å². The van der Waals surface area contributed by atoms with E-state index in [1.807, 2.05) is 13.8 Å². The third-order valence-corrected chi connectivity index (χ3v) is 6.78. The van der Waals surface area contributed by atoms with Crippen LogP contribution >= 0.6 is 0 Å². The Morgan fingerprint density at radius 2 is 1.75 bits per heavy atom. The van der Waals surface area contributed by atoms with Gasteiger partial charge in [0.25, 0.3) is 0 Å². The molecule has 0 bridgehead atoms. The number of hydrogen-bond donors (Lipinski definition) is 1. The molecule has 0 heterocycles. The van der Waals surface area contributed by atoms with Crippen LogP contribution in [0.4, 0.5) is 10.1 Å².